The molecule has 1 nitrogen and oxygen atoms in total. The summed E-state index contributed by atoms with van der Waals surface area (Å²) in [5.41, 5.74) is 5.84. The predicted octanol–water partition coefficient (Wildman–Crippen LogP) is 8.53. The first-order valence-corrected chi connectivity index (χ1v) is 11.1. The lowest BCUT2D eigenvalue weighted by Crippen LogP contribution is -1.86. The van der Waals surface area contributed by atoms with Gasteiger partial charge in [-0.05, 0) is 66.0 Å². The van der Waals surface area contributed by atoms with Crippen molar-refractivity contribution in [3.8, 4) is 23.0 Å². The van der Waals surface area contributed by atoms with Crippen LogP contribution >= 0.6 is 35.4 Å². The molecule has 0 aliphatic rings. The Morgan fingerprint density at radius 2 is 1.37 bits per heavy atom. The second-order valence-electron chi connectivity index (χ2n) is 6.97. The molecular formula is C26H21Cl2NS. The minimum Gasteiger partial charge on any atom is -0.192 e. The normalized spacial score (nSPS) is 10.1. The summed E-state index contributed by atoms with van der Waals surface area (Å²) in [6.45, 7) is 2.23. The van der Waals surface area contributed by atoms with Crippen LogP contribution in [-0.4, -0.2) is 5.16 Å². The smallest absolute Gasteiger partial charge is 0.111 e. The number of rotatable bonds is 6. The summed E-state index contributed by atoms with van der Waals surface area (Å²) in [5.74, 6) is 6.25. The van der Waals surface area contributed by atoms with Crippen molar-refractivity contribution >= 4 is 46.3 Å². The average molecular weight is 450 g/mol. The number of nitrogens with zero attached hydrogens (tertiary/aromatic N) is 1. The zero-order valence-corrected chi connectivity index (χ0v) is 19.0. The first kappa shape index (κ1) is 22.3. The molecule has 0 heterocycles. The summed E-state index contributed by atoms with van der Waals surface area (Å²) in [5, 5.41) is 3.08. The van der Waals surface area contributed by atoms with Crippen molar-refractivity contribution in [1.29, 1.82) is 0 Å². The van der Waals surface area contributed by atoms with Crippen molar-refractivity contribution in [2.75, 3.05) is 0 Å². The number of aryl methyl sites for hydroxylation is 1. The van der Waals surface area contributed by atoms with Gasteiger partial charge in [-0.3, -0.25) is 0 Å². The lowest BCUT2D eigenvalue weighted by Gasteiger charge is -2.05. The Hall–Kier alpha value is -2.40. The van der Waals surface area contributed by atoms with Crippen molar-refractivity contribution in [3.05, 3.63) is 87.4 Å². The maximum atomic E-state index is 6.20. The maximum Gasteiger partial charge on any atom is 0.111 e. The van der Waals surface area contributed by atoms with Crippen LogP contribution in [0.1, 0.15) is 42.9 Å². The Morgan fingerprint density at radius 3 is 1.93 bits per heavy atom. The van der Waals surface area contributed by atoms with Crippen LogP contribution in [-0.2, 0) is 6.42 Å². The number of benzene rings is 3. The number of hydrogen-bond acceptors (Lipinski definition) is 2. The summed E-state index contributed by atoms with van der Waals surface area (Å²) in [7, 11) is 0. The van der Waals surface area contributed by atoms with Gasteiger partial charge in [0.05, 0.1) is 15.2 Å². The molecule has 0 aliphatic heterocycles. The third-order valence-corrected chi connectivity index (χ3v) is 5.43. The van der Waals surface area contributed by atoms with Crippen LogP contribution in [0.3, 0.4) is 0 Å². The van der Waals surface area contributed by atoms with Gasteiger partial charge in [0.2, 0.25) is 0 Å². The van der Waals surface area contributed by atoms with Crippen LogP contribution in [0.15, 0.2) is 65.7 Å². The van der Waals surface area contributed by atoms with Gasteiger partial charge in [0, 0.05) is 11.1 Å². The van der Waals surface area contributed by atoms with Crippen LogP contribution in [0.4, 0.5) is 5.69 Å². The minimum absolute atomic E-state index is 0.401. The van der Waals surface area contributed by atoms with Gasteiger partial charge in [-0.15, -0.1) is 0 Å². The van der Waals surface area contributed by atoms with Gasteiger partial charge in [0.1, 0.15) is 5.69 Å². The van der Waals surface area contributed by atoms with E-state index >= 15 is 0 Å². The second kappa shape index (κ2) is 11.1. The van der Waals surface area contributed by atoms with E-state index < -0.39 is 0 Å². The summed E-state index contributed by atoms with van der Waals surface area (Å²) in [6, 6.07) is 20.5. The highest BCUT2D eigenvalue weighted by atomic mass is 35.5. The Labute approximate surface area is 193 Å². The highest BCUT2D eigenvalue weighted by molar-refractivity contribution is 7.78. The fourth-order valence-electron chi connectivity index (χ4n) is 3.12. The van der Waals surface area contributed by atoms with Crippen LogP contribution in [0, 0.1) is 11.8 Å². The Kier molecular flexibility index (Phi) is 8.26. The molecule has 0 unspecified atom stereocenters. The molecule has 0 N–H and O–H groups in total. The van der Waals surface area contributed by atoms with Crippen LogP contribution in [0.2, 0.25) is 10.0 Å². The molecule has 3 aromatic rings. The summed E-state index contributed by atoms with van der Waals surface area (Å²) < 4.78 is 0. The van der Waals surface area contributed by atoms with Crippen LogP contribution in [0.25, 0.3) is 11.1 Å². The Balaban J connectivity index is 1.72. The fraction of sp³-hybridized carbons (Fsp3) is 0.192. The lowest BCUT2D eigenvalue weighted by molar-refractivity contribution is 0.717. The number of halogens is 2. The average Bonchev–Trinajstić information content (AvgIpc) is 2.76. The number of thiocarbonyl (C=S) groups is 1. The molecule has 0 saturated heterocycles. The van der Waals surface area contributed by atoms with Gasteiger partial charge in [0.25, 0.3) is 0 Å². The molecule has 0 atom stereocenters. The van der Waals surface area contributed by atoms with E-state index in [9.17, 15) is 0 Å². The first-order valence-electron chi connectivity index (χ1n) is 9.89. The largest absolute Gasteiger partial charge is 0.192 e. The standard InChI is InChI=1S/C26H21Cl2NS/c1-2-3-4-5-19-8-12-22(13-9-19)23-14-10-20(11-15-23)6-7-21-16-24(27)26(29-18-30)25(28)17-21/h8-17H,2-5H2,1H3. The van der Waals surface area contributed by atoms with E-state index in [-0.39, 0.29) is 0 Å². The van der Waals surface area contributed by atoms with Crippen molar-refractivity contribution < 1.29 is 0 Å². The van der Waals surface area contributed by atoms with Gasteiger partial charge < -0.3 is 0 Å². The molecule has 3 rings (SSSR count). The Bertz CT molecular complexity index is 1090. The van der Waals surface area contributed by atoms with Crippen molar-refractivity contribution in [2.24, 2.45) is 4.99 Å². The number of aliphatic imine (C=N–C) groups is 1. The molecule has 0 radical (unpaired) electrons. The van der Waals surface area contributed by atoms with Gasteiger partial charge in [-0.25, -0.2) is 0 Å². The lowest BCUT2D eigenvalue weighted by atomic mass is 10.0. The van der Waals surface area contributed by atoms with Crippen molar-refractivity contribution in [2.45, 2.75) is 32.6 Å². The SMILES string of the molecule is CCCCCc1ccc(-c2ccc(C#Cc3cc(Cl)c(N=C=S)c(Cl)c3)cc2)cc1. The highest BCUT2D eigenvalue weighted by Gasteiger charge is 2.06. The van der Waals surface area contributed by atoms with E-state index in [1.807, 2.05) is 12.1 Å². The first-order chi connectivity index (χ1) is 14.6. The number of isothiocyanates is 1. The summed E-state index contributed by atoms with van der Waals surface area (Å²) in [4.78, 5) is 3.88. The summed E-state index contributed by atoms with van der Waals surface area (Å²) >= 11 is 17.0. The molecule has 0 amide bonds. The molecule has 4 heteroatoms. The van der Waals surface area contributed by atoms with Crippen molar-refractivity contribution in [3.63, 3.8) is 0 Å². The zero-order chi connectivity index (χ0) is 21.3. The summed E-state index contributed by atoms with van der Waals surface area (Å²) in [6.07, 6.45) is 4.94. The third-order valence-electron chi connectivity index (χ3n) is 4.77. The molecule has 0 aliphatic carbocycles. The van der Waals surface area contributed by atoms with Gasteiger partial charge in [-0.1, -0.05) is 91.2 Å². The highest BCUT2D eigenvalue weighted by Crippen LogP contribution is 2.33. The Morgan fingerprint density at radius 1 is 0.800 bits per heavy atom. The van der Waals surface area contributed by atoms with Crippen LogP contribution < -0.4 is 0 Å². The van der Waals surface area contributed by atoms with Crippen molar-refractivity contribution in [1.82, 2.24) is 0 Å². The molecule has 0 aromatic heterocycles. The molecule has 0 saturated carbocycles. The van der Waals surface area contributed by atoms with E-state index in [4.69, 9.17) is 23.2 Å². The number of unbranched alkanes of at least 4 members (excludes halogenated alkanes) is 2. The molecule has 30 heavy (non-hydrogen) atoms. The zero-order valence-electron chi connectivity index (χ0n) is 16.7. The molecule has 0 spiro atoms. The molecule has 3 aromatic carbocycles. The monoisotopic (exact) mass is 449 g/mol. The maximum absolute atomic E-state index is 6.20. The molecular weight excluding hydrogens is 429 g/mol. The van der Waals surface area contributed by atoms with E-state index in [0.717, 1.165) is 17.5 Å². The van der Waals surface area contributed by atoms with Gasteiger partial charge >= 0.3 is 0 Å². The minimum atomic E-state index is 0.401. The van der Waals surface area contributed by atoms with Gasteiger partial charge in [0.15, 0.2) is 0 Å². The third kappa shape index (κ3) is 6.05. The molecule has 0 bridgehead atoms. The van der Waals surface area contributed by atoms with E-state index in [1.54, 1.807) is 12.1 Å². The quantitative estimate of drug-likeness (QED) is 0.159. The van der Waals surface area contributed by atoms with E-state index in [2.05, 4.69) is 77.5 Å². The molecule has 0 fully saturated rings. The number of hydrogen-bond donors (Lipinski definition) is 0. The predicted molar refractivity (Wildman–Crippen MR) is 132 cm³/mol. The fourth-order valence-corrected chi connectivity index (χ4v) is 3.79. The van der Waals surface area contributed by atoms with E-state index in [0.29, 0.717) is 15.7 Å². The van der Waals surface area contributed by atoms with Gasteiger partial charge in [-0.2, -0.15) is 4.99 Å². The van der Waals surface area contributed by atoms with Crippen LogP contribution in [0.5, 0.6) is 0 Å². The topological polar surface area (TPSA) is 12.4 Å². The second-order valence-corrected chi connectivity index (χ2v) is 7.97. The van der Waals surface area contributed by atoms with E-state index in [1.165, 1.54) is 36.0 Å². The molecule has 150 valence electrons.